The van der Waals surface area contributed by atoms with Crippen LogP contribution in [0.3, 0.4) is 0 Å². The number of nitrogens with zero attached hydrogens (tertiary/aromatic N) is 1. The predicted molar refractivity (Wildman–Crippen MR) is 107 cm³/mol. The van der Waals surface area contributed by atoms with Crippen LogP contribution >= 0.6 is 11.6 Å². The standard InChI is InChI=1S/C19H22ClNO6S/c1-13(2)27-19(22)12-21(17-10-7-15(25-3)11-18(17)26-4)28(23,24)16-8-5-14(20)6-9-16/h5-11,13H,12H2,1-4H3. The summed E-state index contributed by atoms with van der Waals surface area (Å²) in [7, 11) is -1.22. The van der Waals surface area contributed by atoms with E-state index in [4.69, 9.17) is 25.8 Å². The van der Waals surface area contributed by atoms with E-state index in [1.807, 2.05) is 0 Å². The fraction of sp³-hybridized carbons (Fsp3) is 0.316. The SMILES string of the molecule is COc1ccc(N(CC(=O)OC(C)C)S(=O)(=O)c2ccc(Cl)cc2)c(OC)c1. The van der Waals surface area contributed by atoms with E-state index >= 15 is 0 Å². The van der Waals surface area contributed by atoms with Gasteiger partial charge in [0.25, 0.3) is 10.0 Å². The molecule has 28 heavy (non-hydrogen) atoms. The average Bonchev–Trinajstić information content (AvgIpc) is 2.65. The van der Waals surface area contributed by atoms with Crippen molar-refractivity contribution in [2.24, 2.45) is 0 Å². The molecule has 2 aromatic carbocycles. The van der Waals surface area contributed by atoms with Crippen molar-refractivity contribution in [3.63, 3.8) is 0 Å². The summed E-state index contributed by atoms with van der Waals surface area (Å²) in [4.78, 5) is 12.3. The molecule has 0 atom stereocenters. The summed E-state index contributed by atoms with van der Waals surface area (Å²) in [5, 5.41) is 0.395. The lowest BCUT2D eigenvalue weighted by molar-refractivity contribution is -0.145. The molecule has 152 valence electrons. The highest BCUT2D eigenvalue weighted by Gasteiger charge is 2.30. The minimum atomic E-state index is -4.10. The van der Waals surface area contributed by atoms with Crippen LogP contribution in [0.5, 0.6) is 11.5 Å². The van der Waals surface area contributed by atoms with Crippen molar-refractivity contribution in [1.82, 2.24) is 0 Å². The number of methoxy groups -OCH3 is 2. The fourth-order valence-corrected chi connectivity index (χ4v) is 3.99. The molecule has 0 heterocycles. The molecule has 0 amide bonds. The Morgan fingerprint density at radius 2 is 1.71 bits per heavy atom. The molecule has 0 unspecified atom stereocenters. The molecule has 7 nitrogen and oxygen atoms in total. The molecule has 0 saturated heterocycles. The lowest BCUT2D eigenvalue weighted by Crippen LogP contribution is -2.37. The number of carbonyl (C=O) groups is 1. The predicted octanol–water partition coefficient (Wildman–Crippen LogP) is 3.50. The lowest BCUT2D eigenvalue weighted by Gasteiger charge is -2.26. The zero-order chi connectivity index (χ0) is 20.9. The quantitative estimate of drug-likeness (QED) is 0.599. The monoisotopic (exact) mass is 427 g/mol. The summed E-state index contributed by atoms with van der Waals surface area (Å²) in [5.41, 5.74) is 0.180. The summed E-state index contributed by atoms with van der Waals surface area (Å²) in [6.45, 7) is 2.85. The Morgan fingerprint density at radius 3 is 2.25 bits per heavy atom. The van der Waals surface area contributed by atoms with Crippen molar-refractivity contribution in [2.45, 2.75) is 24.8 Å². The van der Waals surface area contributed by atoms with Gasteiger partial charge in [-0.1, -0.05) is 11.6 Å². The van der Waals surface area contributed by atoms with Crippen LogP contribution in [-0.4, -0.2) is 41.3 Å². The van der Waals surface area contributed by atoms with Crippen molar-refractivity contribution in [1.29, 1.82) is 0 Å². The van der Waals surface area contributed by atoms with Crippen LogP contribution in [0.15, 0.2) is 47.4 Å². The molecular formula is C19H22ClNO6S. The molecule has 0 aromatic heterocycles. The van der Waals surface area contributed by atoms with E-state index in [2.05, 4.69) is 0 Å². The largest absolute Gasteiger partial charge is 0.497 e. The maximum absolute atomic E-state index is 13.3. The van der Waals surface area contributed by atoms with Gasteiger partial charge in [0, 0.05) is 11.1 Å². The third-order valence-electron chi connectivity index (χ3n) is 3.70. The first kappa shape index (κ1) is 21.8. The smallest absolute Gasteiger partial charge is 0.327 e. The first-order valence-corrected chi connectivity index (χ1v) is 10.2. The van der Waals surface area contributed by atoms with Crippen LogP contribution < -0.4 is 13.8 Å². The first-order chi connectivity index (χ1) is 13.2. The third kappa shape index (κ3) is 5.08. The maximum Gasteiger partial charge on any atom is 0.327 e. The highest BCUT2D eigenvalue weighted by atomic mass is 35.5. The van der Waals surface area contributed by atoms with E-state index in [-0.39, 0.29) is 22.4 Å². The summed E-state index contributed by atoms with van der Waals surface area (Å²) in [5.74, 6) is 0.0221. The Hall–Kier alpha value is -2.45. The number of hydrogen-bond donors (Lipinski definition) is 0. The number of halogens is 1. The van der Waals surface area contributed by atoms with Gasteiger partial charge in [-0.25, -0.2) is 8.42 Å². The second-order valence-electron chi connectivity index (χ2n) is 6.04. The summed E-state index contributed by atoms with van der Waals surface area (Å²) >= 11 is 5.86. The minimum absolute atomic E-state index is 0.0212. The van der Waals surface area contributed by atoms with Crippen molar-refractivity contribution in [3.05, 3.63) is 47.5 Å². The van der Waals surface area contributed by atoms with Crippen LogP contribution in [0, 0.1) is 0 Å². The Balaban J connectivity index is 2.57. The number of esters is 1. The van der Waals surface area contributed by atoms with E-state index < -0.39 is 22.5 Å². The number of benzene rings is 2. The molecule has 2 aromatic rings. The number of rotatable bonds is 8. The van der Waals surface area contributed by atoms with Gasteiger partial charge in [-0.3, -0.25) is 9.10 Å². The summed E-state index contributed by atoms with van der Waals surface area (Å²) < 4.78 is 43.1. The topological polar surface area (TPSA) is 82.1 Å². The molecule has 0 fully saturated rings. The Kier molecular flexibility index (Phi) is 7.15. The molecule has 0 saturated carbocycles. The second kappa shape index (κ2) is 9.16. The zero-order valence-electron chi connectivity index (χ0n) is 16.0. The van der Waals surface area contributed by atoms with Gasteiger partial charge >= 0.3 is 5.97 Å². The van der Waals surface area contributed by atoms with Crippen LogP contribution in [0.2, 0.25) is 5.02 Å². The van der Waals surface area contributed by atoms with E-state index in [0.717, 1.165) is 4.31 Å². The number of sulfonamides is 1. The van der Waals surface area contributed by atoms with E-state index in [9.17, 15) is 13.2 Å². The number of anilines is 1. The average molecular weight is 428 g/mol. The first-order valence-electron chi connectivity index (χ1n) is 8.39. The van der Waals surface area contributed by atoms with Crippen molar-refractivity contribution in [2.75, 3.05) is 25.1 Å². The molecule has 0 aliphatic rings. The molecule has 0 aliphatic carbocycles. The van der Waals surface area contributed by atoms with E-state index in [1.54, 1.807) is 19.9 Å². The Morgan fingerprint density at radius 1 is 1.07 bits per heavy atom. The number of ether oxygens (including phenoxy) is 3. The molecule has 0 bridgehead atoms. The molecular weight excluding hydrogens is 406 g/mol. The van der Waals surface area contributed by atoms with Gasteiger partial charge in [0.15, 0.2) is 0 Å². The van der Waals surface area contributed by atoms with Gasteiger partial charge in [-0.2, -0.15) is 0 Å². The van der Waals surface area contributed by atoms with Gasteiger partial charge in [-0.15, -0.1) is 0 Å². The lowest BCUT2D eigenvalue weighted by atomic mass is 10.2. The Bertz CT molecular complexity index is 928. The van der Waals surface area contributed by atoms with Crippen molar-refractivity contribution < 1.29 is 27.4 Å². The van der Waals surface area contributed by atoms with E-state index in [1.165, 1.54) is 50.6 Å². The highest BCUT2D eigenvalue weighted by molar-refractivity contribution is 7.92. The molecule has 2 rings (SSSR count). The number of carbonyl (C=O) groups excluding carboxylic acids is 1. The second-order valence-corrected chi connectivity index (χ2v) is 8.34. The molecule has 0 aliphatic heterocycles. The third-order valence-corrected chi connectivity index (χ3v) is 5.72. The van der Waals surface area contributed by atoms with Gasteiger partial charge in [0.05, 0.1) is 30.9 Å². The molecule has 0 radical (unpaired) electrons. The van der Waals surface area contributed by atoms with Gasteiger partial charge in [-0.05, 0) is 50.2 Å². The van der Waals surface area contributed by atoms with Gasteiger partial charge in [0.1, 0.15) is 18.0 Å². The Labute approximate surface area is 169 Å². The summed E-state index contributed by atoms with van der Waals surface area (Å²) in [6.07, 6.45) is -0.384. The fourth-order valence-electron chi connectivity index (χ4n) is 2.44. The molecule has 9 heteroatoms. The molecule has 0 spiro atoms. The highest BCUT2D eigenvalue weighted by Crippen LogP contribution is 2.35. The van der Waals surface area contributed by atoms with Gasteiger partial charge < -0.3 is 14.2 Å². The van der Waals surface area contributed by atoms with Crippen LogP contribution in [0.1, 0.15) is 13.8 Å². The normalized spacial score (nSPS) is 11.2. The summed E-state index contributed by atoms with van der Waals surface area (Å²) in [6, 6.07) is 10.3. The number of hydrogen-bond acceptors (Lipinski definition) is 6. The van der Waals surface area contributed by atoms with Crippen molar-refractivity contribution >= 4 is 33.3 Å². The minimum Gasteiger partial charge on any atom is -0.497 e. The zero-order valence-corrected chi connectivity index (χ0v) is 17.6. The van der Waals surface area contributed by atoms with E-state index in [0.29, 0.717) is 10.8 Å². The van der Waals surface area contributed by atoms with Crippen LogP contribution in [-0.2, 0) is 19.6 Å². The van der Waals surface area contributed by atoms with Crippen molar-refractivity contribution in [3.8, 4) is 11.5 Å². The maximum atomic E-state index is 13.3. The van der Waals surface area contributed by atoms with Crippen LogP contribution in [0.25, 0.3) is 0 Å². The molecule has 0 N–H and O–H groups in total. The van der Waals surface area contributed by atoms with Gasteiger partial charge in [0.2, 0.25) is 0 Å². The van der Waals surface area contributed by atoms with Crippen LogP contribution in [0.4, 0.5) is 5.69 Å².